The third-order valence-corrected chi connectivity index (χ3v) is 4.16. The van der Waals surface area contributed by atoms with E-state index < -0.39 is 12.0 Å². The quantitative estimate of drug-likeness (QED) is 0.691. The highest BCUT2D eigenvalue weighted by Crippen LogP contribution is 2.17. The van der Waals surface area contributed by atoms with Gasteiger partial charge in [0.25, 0.3) is 0 Å². The highest BCUT2D eigenvalue weighted by atomic mass is 35.5. The fraction of sp³-hybridized carbons (Fsp3) is 0.176. The van der Waals surface area contributed by atoms with Gasteiger partial charge in [-0.3, -0.25) is 14.2 Å². The van der Waals surface area contributed by atoms with Gasteiger partial charge in [-0.25, -0.2) is 4.79 Å². The van der Waals surface area contributed by atoms with Crippen LogP contribution in [0.25, 0.3) is 0 Å². The molecular weight excluding hydrogens is 358 g/mol. The van der Waals surface area contributed by atoms with Gasteiger partial charge in [-0.05, 0) is 24.6 Å². The second kappa shape index (κ2) is 7.40. The summed E-state index contributed by atoms with van der Waals surface area (Å²) in [5.74, 6) is -1.47. The van der Waals surface area contributed by atoms with Crippen LogP contribution in [0.1, 0.15) is 29.0 Å². The molecule has 26 heavy (non-hydrogen) atoms. The van der Waals surface area contributed by atoms with E-state index in [1.54, 1.807) is 23.9 Å². The largest absolute Gasteiger partial charge is 0.476 e. The fourth-order valence-corrected chi connectivity index (χ4v) is 2.55. The number of carboxylic acid groups (broad SMARTS) is 1. The van der Waals surface area contributed by atoms with Gasteiger partial charge < -0.3 is 10.4 Å². The maximum atomic E-state index is 12.3. The summed E-state index contributed by atoms with van der Waals surface area (Å²) < 4.78 is 2.96. The van der Waals surface area contributed by atoms with Crippen LogP contribution < -0.4 is 5.32 Å². The molecule has 0 aliphatic carbocycles. The van der Waals surface area contributed by atoms with Crippen molar-refractivity contribution in [3.05, 3.63) is 65.2 Å². The van der Waals surface area contributed by atoms with Crippen LogP contribution in [0.2, 0.25) is 5.02 Å². The molecule has 1 unspecified atom stereocenters. The van der Waals surface area contributed by atoms with Gasteiger partial charge in [0.05, 0.1) is 18.4 Å². The molecule has 1 atom stereocenters. The number of nitrogens with one attached hydrogen (secondary N) is 1. The van der Waals surface area contributed by atoms with E-state index in [0.29, 0.717) is 17.3 Å². The van der Waals surface area contributed by atoms with Crippen LogP contribution in [-0.2, 0) is 11.3 Å². The number of benzene rings is 1. The molecule has 0 spiro atoms. The van der Waals surface area contributed by atoms with E-state index in [-0.39, 0.29) is 11.6 Å². The molecule has 8 nitrogen and oxygen atoms in total. The molecule has 0 aliphatic rings. The van der Waals surface area contributed by atoms with E-state index in [2.05, 4.69) is 15.5 Å². The number of rotatable bonds is 6. The summed E-state index contributed by atoms with van der Waals surface area (Å²) >= 11 is 6.14. The van der Waals surface area contributed by atoms with Gasteiger partial charge >= 0.3 is 5.97 Å². The zero-order valence-corrected chi connectivity index (χ0v) is 14.6. The first kappa shape index (κ1) is 17.7. The Morgan fingerprint density at radius 1 is 1.31 bits per heavy atom. The molecule has 9 heteroatoms. The second-order valence-corrected chi connectivity index (χ2v) is 6.08. The number of hydrogen-bond acceptors (Lipinski definition) is 4. The minimum atomic E-state index is -1.14. The lowest BCUT2D eigenvalue weighted by Crippen LogP contribution is -2.24. The lowest BCUT2D eigenvalue weighted by molar-refractivity contribution is -0.119. The zero-order valence-electron chi connectivity index (χ0n) is 13.8. The van der Waals surface area contributed by atoms with Gasteiger partial charge in [0.15, 0.2) is 5.69 Å². The highest BCUT2D eigenvalue weighted by molar-refractivity contribution is 6.31. The summed E-state index contributed by atoms with van der Waals surface area (Å²) in [7, 11) is 0. The van der Waals surface area contributed by atoms with Crippen LogP contribution in [0.15, 0.2) is 48.9 Å². The molecule has 2 aromatic heterocycles. The van der Waals surface area contributed by atoms with Crippen molar-refractivity contribution in [1.82, 2.24) is 19.6 Å². The maximum Gasteiger partial charge on any atom is 0.356 e. The van der Waals surface area contributed by atoms with Crippen LogP contribution in [0.3, 0.4) is 0 Å². The summed E-state index contributed by atoms with van der Waals surface area (Å²) in [4.78, 5) is 23.2. The molecule has 3 aromatic rings. The normalized spacial score (nSPS) is 11.9. The number of carbonyl (C=O) groups excluding carboxylic acids is 1. The minimum absolute atomic E-state index is 0.114. The number of hydrogen-bond donors (Lipinski definition) is 2. The molecule has 1 amide bonds. The van der Waals surface area contributed by atoms with Crippen molar-refractivity contribution >= 4 is 29.2 Å². The van der Waals surface area contributed by atoms with Crippen molar-refractivity contribution in [2.24, 2.45) is 0 Å². The number of anilines is 1. The van der Waals surface area contributed by atoms with Crippen molar-refractivity contribution in [3.63, 3.8) is 0 Å². The number of halogens is 1. The number of carboxylic acids is 1. The predicted molar refractivity (Wildman–Crippen MR) is 95.3 cm³/mol. The van der Waals surface area contributed by atoms with E-state index in [4.69, 9.17) is 16.7 Å². The molecule has 0 aliphatic heterocycles. The van der Waals surface area contributed by atoms with Gasteiger partial charge in [0.1, 0.15) is 6.04 Å². The van der Waals surface area contributed by atoms with Crippen molar-refractivity contribution in [2.45, 2.75) is 19.5 Å². The van der Waals surface area contributed by atoms with Crippen LogP contribution in [0, 0.1) is 0 Å². The minimum Gasteiger partial charge on any atom is -0.476 e. The highest BCUT2D eigenvalue weighted by Gasteiger charge is 2.18. The first-order valence-electron chi connectivity index (χ1n) is 7.79. The topological polar surface area (TPSA) is 102 Å². The Bertz CT molecular complexity index is 949. The van der Waals surface area contributed by atoms with Crippen LogP contribution >= 0.6 is 11.6 Å². The Hall–Kier alpha value is -3.13. The number of nitrogens with zero attached hydrogens (tertiary/aromatic N) is 4. The Kier molecular flexibility index (Phi) is 5.04. The average Bonchev–Trinajstić information content (AvgIpc) is 3.26. The fourth-order valence-electron chi connectivity index (χ4n) is 2.35. The molecular formula is C17H16ClN5O3. The number of carbonyl (C=O) groups is 2. The first-order chi connectivity index (χ1) is 12.4. The van der Waals surface area contributed by atoms with Crippen LogP contribution in [-0.4, -0.2) is 36.5 Å². The third kappa shape index (κ3) is 3.92. The number of aromatic nitrogens is 4. The van der Waals surface area contributed by atoms with Gasteiger partial charge in [-0.1, -0.05) is 29.8 Å². The van der Waals surface area contributed by atoms with Gasteiger partial charge in [0.2, 0.25) is 5.91 Å². The lowest BCUT2D eigenvalue weighted by atomic mass is 10.2. The molecule has 3 rings (SSSR count). The van der Waals surface area contributed by atoms with E-state index >= 15 is 0 Å². The van der Waals surface area contributed by atoms with Gasteiger partial charge in [-0.15, -0.1) is 0 Å². The Labute approximate surface area is 154 Å². The molecule has 0 bridgehead atoms. The molecule has 2 heterocycles. The Morgan fingerprint density at radius 2 is 2.08 bits per heavy atom. The molecule has 134 valence electrons. The molecule has 0 saturated heterocycles. The van der Waals surface area contributed by atoms with Gasteiger partial charge in [0, 0.05) is 17.4 Å². The lowest BCUT2D eigenvalue weighted by Gasteiger charge is -2.11. The standard InChI is InChI=1S/C17H16ClN5O3/c1-11(23-7-6-15(21-23)17(25)26)16(24)20-13-8-19-22(10-13)9-12-4-2-3-5-14(12)18/h2-8,10-11H,9H2,1H3,(H,20,24)(H,25,26). The number of aromatic carboxylic acids is 1. The Morgan fingerprint density at radius 3 is 2.77 bits per heavy atom. The van der Waals surface area contributed by atoms with Crippen molar-refractivity contribution in [3.8, 4) is 0 Å². The molecule has 0 fully saturated rings. The van der Waals surface area contributed by atoms with Crippen LogP contribution in [0.5, 0.6) is 0 Å². The molecule has 2 N–H and O–H groups in total. The van der Waals surface area contributed by atoms with Crippen molar-refractivity contribution in [2.75, 3.05) is 5.32 Å². The van der Waals surface area contributed by atoms with Crippen molar-refractivity contribution < 1.29 is 14.7 Å². The monoisotopic (exact) mass is 373 g/mol. The van der Waals surface area contributed by atoms with E-state index in [1.165, 1.54) is 23.1 Å². The van der Waals surface area contributed by atoms with Crippen molar-refractivity contribution in [1.29, 1.82) is 0 Å². The summed E-state index contributed by atoms with van der Waals surface area (Å²) in [5.41, 5.74) is 1.33. The molecule has 0 saturated carbocycles. The third-order valence-electron chi connectivity index (χ3n) is 3.79. The van der Waals surface area contributed by atoms with E-state index in [9.17, 15) is 9.59 Å². The van der Waals surface area contributed by atoms with E-state index in [0.717, 1.165) is 5.56 Å². The SMILES string of the molecule is CC(C(=O)Nc1cnn(Cc2ccccc2Cl)c1)n1ccc(C(=O)O)n1. The summed E-state index contributed by atoms with van der Waals surface area (Å²) in [5, 5.41) is 20.4. The predicted octanol–water partition coefficient (Wildman–Crippen LogP) is 2.68. The zero-order chi connectivity index (χ0) is 18.7. The van der Waals surface area contributed by atoms with Gasteiger partial charge in [-0.2, -0.15) is 10.2 Å². The summed E-state index contributed by atoms with van der Waals surface area (Å²) in [6.07, 6.45) is 4.68. The summed E-state index contributed by atoms with van der Waals surface area (Å²) in [6, 6.07) is 8.13. The van der Waals surface area contributed by atoms with Crippen LogP contribution in [0.4, 0.5) is 5.69 Å². The summed E-state index contributed by atoms with van der Waals surface area (Å²) in [6.45, 7) is 2.11. The van der Waals surface area contributed by atoms with E-state index in [1.807, 2.05) is 18.2 Å². The molecule has 0 radical (unpaired) electrons. The second-order valence-electron chi connectivity index (χ2n) is 5.67. The maximum absolute atomic E-state index is 12.3. The number of amides is 1. The first-order valence-corrected chi connectivity index (χ1v) is 8.17. The smallest absolute Gasteiger partial charge is 0.356 e. The molecule has 1 aromatic carbocycles. The average molecular weight is 374 g/mol. The Balaban J connectivity index is 1.65.